The highest BCUT2D eigenvalue weighted by atomic mass is 32.2. The van der Waals surface area contributed by atoms with Crippen LogP contribution < -0.4 is 0 Å². The molecule has 0 N–H and O–H groups in total. The number of hydrogen-bond acceptors (Lipinski definition) is 3. The van der Waals surface area contributed by atoms with E-state index in [-0.39, 0.29) is 6.10 Å². The molecule has 1 aliphatic rings. The first-order valence-electron chi connectivity index (χ1n) is 4.70. The van der Waals surface area contributed by atoms with Gasteiger partial charge in [0.05, 0.1) is 6.54 Å². The Morgan fingerprint density at radius 1 is 1.43 bits per heavy atom. The topological polar surface area (TPSA) is 21.6 Å². The van der Waals surface area contributed by atoms with Crippen LogP contribution >= 0.6 is 11.8 Å². The van der Waals surface area contributed by atoms with Crippen molar-refractivity contribution in [1.82, 2.24) is 0 Å². The summed E-state index contributed by atoms with van der Waals surface area (Å²) in [4.78, 5) is 5.50. The molecule has 0 bridgehead atoms. The van der Waals surface area contributed by atoms with Crippen molar-refractivity contribution in [2.24, 2.45) is 4.99 Å². The third-order valence-electron chi connectivity index (χ3n) is 2.03. The predicted octanol–water partition coefficient (Wildman–Crippen LogP) is 2.60. The molecule has 1 heterocycles. The Morgan fingerprint density at radius 3 is 2.86 bits per heavy atom. The molecular formula is C11H13NOS. The largest absolute Gasteiger partial charge is 0.475 e. The number of aliphatic imine (C=N–C) groups is 1. The van der Waals surface area contributed by atoms with Crippen molar-refractivity contribution in [2.75, 3.05) is 12.3 Å². The Morgan fingerprint density at radius 2 is 2.21 bits per heavy atom. The molecule has 1 unspecified atom stereocenters. The van der Waals surface area contributed by atoms with E-state index in [4.69, 9.17) is 4.74 Å². The number of ether oxygens (including phenoxy) is 1. The van der Waals surface area contributed by atoms with Gasteiger partial charge in [-0.3, -0.25) is 4.99 Å². The third kappa shape index (κ3) is 2.51. The summed E-state index contributed by atoms with van der Waals surface area (Å²) in [6, 6.07) is 10.4. The van der Waals surface area contributed by atoms with Crippen molar-refractivity contribution in [3.05, 3.63) is 30.3 Å². The van der Waals surface area contributed by atoms with Crippen LogP contribution in [0.5, 0.6) is 0 Å². The molecule has 0 saturated carbocycles. The standard InChI is InChI=1S/C11H13NOS/c1-9-12-7-10(13-9)8-14-11-5-3-2-4-6-11/h2-6,10H,7-8H2,1H3. The molecule has 14 heavy (non-hydrogen) atoms. The molecule has 0 spiro atoms. The summed E-state index contributed by atoms with van der Waals surface area (Å²) in [5, 5.41) is 0. The van der Waals surface area contributed by atoms with E-state index in [1.54, 1.807) is 0 Å². The lowest BCUT2D eigenvalue weighted by molar-refractivity contribution is 0.248. The zero-order valence-corrected chi connectivity index (χ0v) is 8.96. The van der Waals surface area contributed by atoms with Crippen LogP contribution in [0.3, 0.4) is 0 Å². The van der Waals surface area contributed by atoms with E-state index >= 15 is 0 Å². The van der Waals surface area contributed by atoms with Crippen molar-refractivity contribution in [3.8, 4) is 0 Å². The molecule has 0 aromatic heterocycles. The molecule has 1 aliphatic heterocycles. The number of rotatable bonds is 3. The molecule has 3 heteroatoms. The molecule has 0 saturated heterocycles. The molecular weight excluding hydrogens is 194 g/mol. The Balaban J connectivity index is 1.79. The Labute approximate surface area is 88.4 Å². The maximum absolute atomic E-state index is 5.51. The minimum Gasteiger partial charge on any atom is -0.475 e. The summed E-state index contributed by atoms with van der Waals surface area (Å²) >= 11 is 1.82. The van der Waals surface area contributed by atoms with E-state index in [1.807, 2.05) is 24.8 Å². The Bertz CT molecular complexity index is 323. The van der Waals surface area contributed by atoms with Gasteiger partial charge in [-0.15, -0.1) is 11.8 Å². The van der Waals surface area contributed by atoms with Crippen molar-refractivity contribution in [1.29, 1.82) is 0 Å². The zero-order chi connectivity index (χ0) is 9.80. The van der Waals surface area contributed by atoms with Gasteiger partial charge in [-0.25, -0.2) is 0 Å². The van der Waals surface area contributed by atoms with E-state index in [1.165, 1.54) is 4.90 Å². The number of hydrogen-bond donors (Lipinski definition) is 0. The predicted molar refractivity (Wildman–Crippen MR) is 60.0 cm³/mol. The van der Waals surface area contributed by atoms with Gasteiger partial charge in [0.1, 0.15) is 6.10 Å². The zero-order valence-electron chi connectivity index (χ0n) is 8.14. The second kappa shape index (κ2) is 4.51. The van der Waals surface area contributed by atoms with Gasteiger partial charge < -0.3 is 4.74 Å². The SMILES string of the molecule is CC1=NCC(CSc2ccccc2)O1. The van der Waals surface area contributed by atoms with E-state index in [9.17, 15) is 0 Å². The van der Waals surface area contributed by atoms with Crippen LogP contribution in [-0.4, -0.2) is 24.3 Å². The molecule has 74 valence electrons. The van der Waals surface area contributed by atoms with Gasteiger partial charge in [0, 0.05) is 17.6 Å². The third-order valence-corrected chi connectivity index (χ3v) is 3.18. The lowest BCUT2D eigenvalue weighted by Crippen LogP contribution is -2.14. The number of nitrogens with zero attached hydrogens (tertiary/aromatic N) is 1. The summed E-state index contributed by atoms with van der Waals surface area (Å²) in [7, 11) is 0. The van der Waals surface area contributed by atoms with Gasteiger partial charge in [0.15, 0.2) is 5.90 Å². The minimum absolute atomic E-state index is 0.264. The van der Waals surface area contributed by atoms with Crippen LogP contribution in [0.15, 0.2) is 40.2 Å². The molecule has 1 aromatic carbocycles. The first-order valence-corrected chi connectivity index (χ1v) is 5.69. The quantitative estimate of drug-likeness (QED) is 0.710. The molecule has 1 aromatic rings. The van der Waals surface area contributed by atoms with Crippen LogP contribution in [0.1, 0.15) is 6.92 Å². The summed E-state index contributed by atoms with van der Waals surface area (Å²) in [6.45, 7) is 2.72. The molecule has 0 amide bonds. The highest BCUT2D eigenvalue weighted by molar-refractivity contribution is 7.99. The normalized spacial score (nSPS) is 20.4. The van der Waals surface area contributed by atoms with E-state index < -0.39 is 0 Å². The number of benzene rings is 1. The fourth-order valence-corrected chi connectivity index (χ4v) is 2.24. The second-order valence-corrected chi connectivity index (χ2v) is 4.32. The molecule has 1 atom stereocenters. The fraction of sp³-hybridized carbons (Fsp3) is 0.364. The van der Waals surface area contributed by atoms with Gasteiger partial charge in [0.25, 0.3) is 0 Å². The van der Waals surface area contributed by atoms with Crippen molar-refractivity contribution in [3.63, 3.8) is 0 Å². The van der Waals surface area contributed by atoms with Crippen molar-refractivity contribution >= 4 is 17.7 Å². The minimum atomic E-state index is 0.264. The Hall–Kier alpha value is -0.960. The van der Waals surface area contributed by atoms with Crippen LogP contribution in [0, 0.1) is 0 Å². The number of thioether (sulfide) groups is 1. The first-order chi connectivity index (χ1) is 6.84. The van der Waals surface area contributed by atoms with Crippen molar-refractivity contribution < 1.29 is 4.74 Å². The highest BCUT2D eigenvalue weighted by Gasteiger charge is 2.16. The summed E-state index contributed by atoms with van der Waals surface area (Å²) in [5.74, 6) is 1.80. The maximum Gasteiger partial charge on any atom is 0.180 e. The van der Waals surface area contributed by atoms with Gasteiger partial charge in [-0.05, 0) is 12.1 Å². The van der Waals surface area contributed by atoms with Crippen LogP contribution in [0.4, 0.5) is 0 Å². The maximum atomic E-state index is 5.51. The molecule has 0 radical (unpaired) electrons. The lowest BCUT2D eigenvalue weighted by atomic mass is 10.4. The van der Waals surface area contributed by atoms with Gasteiger partial charge >= 0.3 is 0 Å². The average Bonchev–Trinajstić information content (AvgIpc) is 2.63. The fourth-order valence-electron chi connectivity index (χ4n) is 1.34. The first kappa shape index (κ1) is 9.59. The van der Waals surface area contributed by atoms with Crippen LogP contribution in [0.2, 0.25) is 0 Å². The van der Waals surface area contributed by atoms with E-state index in [2.05, 4.69) is 29.3 Å². The summed E-state index contributed by atoms with van der Waals surface area (Å²) in [6.07, 6.45) is 0.264. The molecule has 2 rings (SSSR count). The monoisotopic (exact) mass is 207 g/mol. The van der Waals surface area contributed by atoms with E-state index in [0.717, 1.165) is 18.2 Å². The van der Waals surface area contributed by atoms with Crippen LogP contribution in [-0.2, 0) is 4.74 Å². The molecule has 0 fully saturated rings. The van der Waals surface area contributed by atoms with Gasteiger partial charge in [-0.2, -0.15) is 0 Å². The van der Waals surface area contributed by atoms with Crippen LogP contribution in [0.25, 0.3) is 0 Å². The molecule has 2 nitrogen and oxygen atoms in total. The molecule has 0 aliphatic carbocycles. The van der Waals surface area contributed by atoms with E-state index in [0.29, 0.717) is 0 Å². The van der Waals surface area contributed by atoms with Gasteiger partial charge in [0.2, 0.25) is 0 Å². The van der Waals surface area contributed by atoms with Gasteiger partial charge in [-0.1, -0.05) is 18.2 Å². The second-order valence-electron chi connectivity index (χ2n) is 3.22. The summed E-state index contributed by atoms with van der Waals surface area (Å²) < 4.78 is 5.51. The highest BCUT2D eigenvalue weighted by Crippen LogP contribution is 2.20. The average molecular weight is 207 g/mol. The lowest BCUT2D eigenvalue weighted by Gasteiger charge is -2.09. The smallest absolute Gasteiger partial charge is 0.180 e. The summed E-state index contributed by atoms with van der Waals surface area (Å²) in [5.41, 5.74) is 0. The Kier molecular flexibility index (Phi) is 3.09. The van der Waals surface area contributed by atoms with Crippen molar-refractivity contribution in [2.45, 2.75) is 17.9 Å².